The van der Waals surface area contributed by atoms with Crippen LogP contribution in [0.4, 0.5) is 0 Å². The Bertz CT molecular complexity index is 449. The molecule has 0 spiro atoms. The first-order chi connectivity index (χ1) is 9.36. The summed E-state index contributed by atoms with van der Waals surface area (Å²) >= 11 is 0. The highest BCUT2D eigenvalue weighted by Gasteiger charge is 2.34. The fourth-order valence-electron chi connectivity index (χ4n) is 2.24. The summed E-state index contributed by atoms with van der Waals surface area (Å²) in [5.74, 6) is -0.958. The fraction of sp³-hybridized carbons (Fsp3) is 0.833. The predicted molar refractivity (Wildman–Crippen MR) is 73.7 cm³/mol. The summed E-state index contributed by atoms with van der Waals surface area (Å²) in [5, 5.41) is 7.96. The topological polar surface area (TPSA) is 104 Å². The highest BCUT2D eigenvalue weighted by molar-refractivity contribution is 7.90. The molecule has 0 aliphatic carbocycles. The van der Waals surface area contributed by atoms with Gasteiger partial charge in [0.25, 0.3) is 0 Å². The van der Waals surface area contributed by atoms with Crippen LogP contribution in [0.25, 0.3) is 0 Å². The van der Waals surface area contributed by atoms with Crippen molar-refractivity contribution in [2.45, 2.75) is 44.3 Å². The molecule has 20 heavy (non-hydrogen) atoms. The number of carboxylic acid groups (broad SMARTS) is 1. The van der Waals surface area contributed by atoms with Crippen LogP contribution in [0, 0.1) is 0 Å². The number of carbonyl (C=O) groups is 2. The quantitative estimate of drug-likeness (QED) is 0.622. The van der Waals surface area contributed by atoms with E-state index in [-0.39, 0.29) is 25.3 Å². The third kappa shape index (κ3) is 5.09. The van der Waals surface area contributed by atoms with Gasteiger partial charge in [0.2, 0.25) is 15.9 Å². The van der Waals surface area contributed by atoms with Crippen molar-refractivity contribution in [3.63, 3.8) is 0 Å². The largest absolute Gasteiger partial charge is 0.481 e. The molecule has 1 rings (SSSR count). The summed E-state index contributed by atoms with van der Waals surface area (Å²) < 4.78 is 26.1. The van der Waals surface area contributed by atoms with Crippen molar-refractivity contribution in [2.24, 2.45) is 0 Å². The first kappa shape index (κ1) is 16.9. The Morgan fingerprint density at radius 2 is 1.95 bits per heavy atom. The van der Waals surface area contributed by atoms with Crippen LogP contribution in [0.5, 0.6) is 0 Å². The van der Waals surface area contributed by atoms with Gasteiger partial charge in [-0.25, -0.2) is 13.1 Å². The van der Waals surface area contributed by atoms with E-state index in [4.69, 9.17) is 5.11 Å². The second-order valence-corrected chi connectivity index (χ2v) is 6.94. The van der Waals surface area contributed by atoms with E-state index in [2.05, 4.69) is 4.72 Å². The lowest BCUT2D eigenvalue weighted by atomic mass is 10.2. The summed E-state index contributed by atoms with van der Waals surface area (Å²) in [4.78, 5) is 23.8. The third-order valence-electron chi connectivity index (χ3n) is 3.31. The average Bonchev–Trinajstić information content (AvgIpc) is 2.84. The second kappa shape index (κ2) is 7.58. The summed E-state index contributed by atoms with van der Waals surface area (Å²) in [6, 6.07) is 0. The smallest absolute Gasteiger partial charge is 0.303 e. The molecule has 1 amide bonds. The predicted octanol–water partition coefficient (Wildman–Crippen LogP) is 0.172. The van der Waals surface area contributed by atoms with Crippen LogP contribution in [0.3, 0.4) is 0 Å². The molecular formula is C12H22N2O5S. The minimum absolute atomic E-state index is 0.0602. The lowest BCUT2D eigenvalue weighted by Gasteiger charge is -2.16. The number of carbonyl (C=O) groups excluding carboxylic acids is 1. The molecule has 7 nitrogen and oxygen atoms in total. The van der Waals surface area contributed by atoms with E-state index < -0.39 is 21.2 Å². The van der Waals surface area contributed by atoms with Crippen LogP contribution < -0.4 is 4.72 Å². The Balaban J connectivity index is 2.36. The maximum atomic E-state index is 11.9. The number of amides is 1. The Kier molecular flexibility index (Phi) is 6.41. The maximum Gasteiger partial charge on any atom is 0.303 e. The Morgan fingerprint density at radius 3 is 2.55 bits per heavy atom. The molecule has 1 atom stereocenters. The van der Waals surface area contributed by atoms with Crippen molar-refractivity contribution in [1.29, 1.82) is 0 Å². The SMILES string of the molecule is CCNS(=O)(=O)C1CCN(C(=O)CCCCC(=O)O)C1. The van der Waals surface area contributed by atoms with E-state index in [0.29, 0.717) is 32.4 Å². The molecule has 1 saturated heterocycles. The zero-order valence-electron chi connectivity index (χ0n) is 11.7. The molecular weight excluding hydrogens is 284 g/mol. The Labute approximate surface area is 119 Å². The van der Waals surface area contributed by atoms with Gasteiger partial charge in [-0.15, -0.1) is 0 Å². The molecule has 0 aromatic rings. The molecule has 2 N–H and O–H groups in total. The van der Waals surface area contributed by atoms with E-state index in [0.717, 1.165) is 0 Å². The van der Waals surface area contributed by atoms with Crippen molar-refractivity contribution in [3.8, 4) is 0 Å². The highest BCUT2D eigenvalue weighted by atomic mass is 32.2. The lowest BCUT2D eigenvalue weighted by molar-refractivity contribution is -0.137. The number of unbranched alkanes of at least 4 members (excludes halogenated alkanes) is 1. The molecule has 116 valence electrons. The van der Waals surface area contributed by atoms with Crippen LogP contribution in [0.1, 0.15) is 39.0 Å². The summed E-state index contributed by atoms with van der Waals surface area (Å²) in [6.07, 6.45) is 1.78. The molecule has 0 bridgehead atoms. The number of hydrogen-bond donors (Lipinski definition) is 2. The number of nitrogens with one attached hydrogen (secondary N) is 1. The van der Waals surface area contributed by atoms with Gasteiger partial charge in [0.05, 0.1) is 5.25 Å². The first-order valence-corrected chi connectivity index (χ1v) is 8.39. The number of nitrogens with zero attached hydrogens (tertiary/aromatic N) is 1. The van der Waals surface area contributed by atoms with Gasteiger partial charge in [0, 0.05) is 32.5 Å². The number of carboxylic acids is 1. The van der Waals surface area contributed by atoms with Crippen LogP contribution in [0.15, 0.2) is 0 Å². The van der Waals surface area contributed by atoms with Gasteiger partial charge in [0.15, 0.2) is 0 Å². The van der Waals surface area contributed by atoms with Gasteiger partial charge < -0.3 is 10.0 Å². The molecule has 8 heteroatoms. The summed E-state index contributed by atoms with van der Waals surface area (Å²) in [6.45, 7) is 2.75. The van der Waals surface area contributed by atoms with Crippen molar-refractivity contribution >= 4 is 21.9 Å². The van der Waals surface area contributed by atoms with Gasteiger partial charge in [-0.05, 0) is 19.3 Å². The van der Waals surface area contributed by atoms with E-state index in [1.807, 2.05) is 0 Å². The van der Waals surface area contributed by atoms with Gasteiger partial charge in [-0.2, -0.15) is 0 Å². The minimum Gasteiger partial charge on any atom is -0.481 e. The normalized spacial score (nSPS) is 19.2. The molecule has 0 aromatic carbocycles. The molecule has 1 aliphatic heterocycles. The van der Waals surface area contributed by atoms with Crippen LogP contribution in [0.2, 0.25) is 0 Å². The molecule has 0 radical (unpaired) electrons. The van der Waals surface area contributed by atoms with Crippen LogP contribution in [-0.4, -0.2) is 55.2 Å². The third-order valence-corrected chi connectivity index (χ3v) is 5.27. The van der Waals surface area contributed by atoms with Gasteiger partial charge in [-0.1, -0.05) is 6.92 Å². The van der Waals surface area contributed by atoms with Crippen LogP contribution >= 0.6 is 0 Å². The van der Waals surface area contributed by atoms with Gasteiger partial charge >= 0.3 is 5.97 Å². The number of likely N-dealkylation sites (tertiary alicyclic amines) is 1. The van der Waals surface area contributed by atoms with Crippen molar-refractivity contribution < 1.29 is 23.1 Å². The monoisotopic (exact) mass is 306 g/mol. The maximum absolute atomic E-state index is 11.9. The minimum atomic E-state index is -3.33. The Hall–Kier alpha value is -1.15. The van der Waals surface area contributed by atoms with Gasteiger partial charge in [0.1, 0.15) is 0 Å². The lowest BCUT2D eigenvalue weighted by Crippen LogP contribution is -2.37. The zero-order chi connectivity index (χ0) is 15.2. The van der Waals surface area contributed by atoms with E-state index in [1.54, 1.807) is 11.8 Å². The average molecular weight is 306 g/mol. The van der Waals surface area contributed by atoms with E-state index in [9.17, 15) is 18.0 Å². The van der Waals surface area contributed by atoms with Crippen molar-refractivity contribution in [1.82, 2.24) is 9.62 Å². The molecule has 0 aromatic heterocycles. The van der Waals surface area contributed by atoms with Crippen molar-refractivity contribution in [3.05, 3.63) is 0 Å². The van der Waals surface area contributed by atoms with Gasteiger partial charge in [-0.3, -0.25) is 9.59 Å². The molecule has 1 aliphatic rings. The van der Waals surface area contributed by atoms with E-state index >= 15 is 0 Å². The number of hydrogen-bond acceptors (Lipinski definition) is 4. The zero-order valence-corrected chi connectivity index (χ0v) is 12.5. The second-order valence-electron chi connectivity index (χ2n) is 4.89. The van der Waals surface area contributed by atoms with Crippen molar-refractivity contribution in [2.75, 3.05) is 19.6 Å². The summed E-state index contributed by atoms with van der Waals surface area (Å²) in [7, 11) is -3.33. The Morgan fingerprint density at radius 1 is 1.30 bits per heavy atom. The van der Waals surface area contributed by atoms with Crippen LogP contribution in [-0.2, 0) is 19.6 Å². The molecule has 1 unspecified atom stereocenters. The number of aliphatic carboxylic acids is 1. The highest BCUT2D eigenvalue weighted by Crippen LogP contribution is 2.17. The molecule has 1 heterocycles. The number of rotatable bonds is 8. The summed E-state index contributed by atoms with van der Waals surface area (Å²) in [5.41, 5.74) is 0. The first-order valence-electron chi connectivity index (χ1n) is 6.85. The number of sulfonamides is 1. The molecule has 1 fully saturated rings. The van der Waals surface area contributed by atoms with E-state index in [1.165, 1.54) is 0 Å². The molecule has 0 saturated carbocycles. The standard InChI is InChI=1S/C12H22N2O5S/c1-2-13-20(18,19)10-7-8-14(9-10)11(15)5-3-4-6-12(16)17/h10,13H,2-9H2,1H3,(H,16,17). The fourth-order valence-corrected chi connectivity index (χ4v) is 3.67.